The summed E-state index contributed by atoms with van der Waals surface area (Å²) in [6.45, 7) is 1.26. The van der Waals surface area contributed by atoms with Crippen molar-refractivity contribution in [2.75, 3.05) is 6.61 Å². The van der Waals surface area contributed by atoms with E-state index in [1.54, 1.807) is 16.8 Å². The van der Waals surface area contributed by atoms with E-state index < -0.39 is 0 Å². The number of nitrogens with zero attached hydrogens (tertiary/aromatic N) is 1. The second-order valence-electron chi connectivity index (χ2n) is 4.62. The molecule has 0 saturated heterocycles. The number of aromatic nitrogens is 1. The molecule has 0 amide bonds. The molecule has 1 aliphatic heterocycles. The van der Waals surface area contributed by atoms with E-state index in [4.69, 9.17) is 4.74 Å². The number of fused-ring (bicyclic) bond motifs is 1. The van der Waals surface area contributed by atoms with Crippen LogP contribution in [0, 0.1) is 0 Å². The van der Waals surface area contributed by atoms with Crippen LogP contribution in [0.1, 0.15) is 17.2 Å². The summed E-state index contributed by atoms with van der Waals surface area (Å²) >= 11 is 3.27. The van der Waals surface area contributed by atoms with Crippen LogP contribution in [-0.2, 0) is 17.7 Å². The fourth-order valence-corrected chi connectivity index (χ4v) is 2.84. The molecule has 19 heavy (non-hydrogen) atoms. The molecule has 1 atom stereocenters. The predicted molar refractivity (Wildman–Crippen MR) is 77.2 cm³/mol. The molecule has 1 aromatic carbocycles. The molecule has 1 aliphatic rings. The van der Waals surface area contributed by atoms with Crippen LogP contribution in [0.3, 0.4) is 0 Å². The first-order valence-corrected chi connectivity index (χ1v) is 7.09. The van der Waals surface area contributed by atoms with Gasteiger partial charge in [-0.3, -0.25) is 4.79 Å². The normalized spacial score (nSPS) is 18.1. The molecule has 3 rings (SSSR count). The van der Waals surface area contributed by atoms with Gasteiger partial charge in [0.1, 0.15) is 6.10 Å². The molecule has 4 heteroatoms. The van der Waals surface area contributed by atoms with E-state index in [2.05, 4.69) is 28.1 Å². The van der Waals surface area contributed by atoms with Crippen LogP contribution >= 0.6 is 15.9 Å². The standard InChI is InChI=1S/C15H14BrNO2/c16-13-6-3-8-17(15(13)18)10-14-12-5-2-1-4-11(12)7-9-19-14/h1-6,8,14H,7,9-10H2. The molecular weight excluding hydrogens is 306 g/mol. The van der Waals surface area contributed by atoms with Crippen LogP contribution < -0.4 is 5.56 Å². The Kier molecular flexibility index (Phi) is 3.53. The van der Waals surface area contributed by atoms with Crippen molar-refractivity contribution in [1.82, 2.24) is 4.57 Å². The second-order valence-corrected chi connectivity index (χ2v) is 5.48. The highest BCUT2D eigenvalue weighted by Gasteiger charge is 2.21. The Hall–Kier alpha value is -1.39. The van der Waals surface area contributed by atoms with Gasteiger partial charge in [0.25, 0.3) is 5.56 Å². The highest BCUT2D eigenvalue weighted by molar-refractivity contribution is 9.10. The zero-order valence-electron chi connectivity index (χ0n) is 10.4. The molecule has 0 N–H and O–H groups in total. The quantitative estimate of drug-likeness (QED) is 0.852. The molecular formula is C15H14BrNO2. The number of halogens is 1. The van der Waals surface area contributed by atoms with Gasteiger partial charge in [-0.2, -0.15) is 0 Å². The van der Waals surface area contributed by atoms with Gasteiger partial charge >= 0.3 is 0 Å². The highest BCUT2D eigenvalue weighted by atomic mass is 79.9. The SMILES string of the molecule is O=c1c(Br)cccn1CC1OCCc2ccccc21. The van der Waals surface area contributed by atoms with E-state index >= 15 is 0 Å². The minimum Gasteiger partial charge on any atom is -0.371 e. The summed E-state index contributed by atoms with van der Waals surface area (Å²) in [6, 6.07) is 11.9. The fourth-order valence-electron chi connectivity index (χ4n) is 2.46. The van der Waals surface area contributed by atoms with Crippen molar-refractivity contribution in [2.45, 2.75) is 19.1 Å². The number of ether oxygens (including phenoxy) is 1. The average Bonchev–Trinajstić information content (AvgIpc) is 2.44. The van der Waals surface area contributed by atoms with Gasteiger partial charge in [0.15, 0.2) is 0 Å². The number of hydrogen-bond donors (Lipinski definition) is 0. The minimum absolute atomic E-state index is 0.0193. The second kappa shape index (κ2) is 5.31. The van der Waals surface area contributed by atoms with E-state index in [9.17, 15) is 4.79 Å². The van der Waals surface area contributed by atoms with E-state index in [1.807, 2.05) is 18.2 Å². The molecule has 1 unspecified atom stereocenters. The number of benzene rings is 1. The topological polar surface area (TPSA) is 31.2 Å². The Labute approximate surface area is 120 Å². The first kappa shape index (κ1) is 12.6. The molecule has 0 aliphatic carbocycles. The third kappa shape index (κ3) is 2.51. The van der Waals surface area contributed by atoms with Crippen LogP contribution in [-0.4, -0.2) is 11.2 Å². The number of rotatable bonds is 2. The van der Waals surface area contributed by atoms with Gasteiger partial charge in [0.05, 0.1) is 17.6 Å². The molecule has 2 aromatic rings. The third-order valence-corrected chi connectivity index (χ3v) is 4.03. The molecule has 0 bridgehead atoms. The summed E-state index contributed by atoms with van der Waals surface area (Å²) in [6.07, 6.45) is 2.70. The molecule has 0 radical (unpaired) electrons. The van der Waals surface area contributed by atoms with Crippen LogP contribution in [0.25, 0.3) is 0 Å². The van der Waals surface area contributed by atoms with Gasteiger partial charge in [-0.05, 0) is 45.6 Å². The van der Waals surface area contributed by atoms with Crippen LogP contribution in [0.4, 0.5) is 0 Å². The summed E-state index contributed by atoms with van der Waals surface area (Å²) < 4.78 is 8.10. The van der Waals surface area contributed by atoms with Crippen molar-refractivity contribution < 1.29 is 4.74 Å². The van der Waals surface area contributed by atoms with E-state index in [0.717, 1.165) is 6.42 Å². The van der Waals surface area contributed by atoms with Crippen molar-refractivity contribution >= 4 is 15.9 Å². The lowest BCUT2D eigenvalue weighted by Crippen LogP contribution is -2.27. The van der Waals surface area contributed by atoms with E-state index in [0.29, 0.717) is 17.6 Å². The van der Waals surface area contributed by atoms with Crippen molar-refractivity contribution in [1.29, 1.82) is 0 Å². The Balaban J connectivity index is 1.93. The molecule has 0 fully saturated rings. The van der Waals surface area contributed by atoms with Gasteiger partial charge in [-0.15, -0.1) is 0 Å². The molecule has 0 spiro atoms. The molecule has 2 heterocycles. The van der Waals surface area contributed by atoms with Gasteiger partial charge in [-0.25, -0.2) is 0 Å². The molecule has 0 saturated carbocycles. The lowest BCUT2D eigenvalue weighted by Gasteiger charge is -2.26. The highest BCUT2D eigenvalue weighted by Crippen LogP contribution is 2.27. The first-order valence-electron chi connectivity index (χ1n) is 6.30. The maximum atomic E-state index is 12.0. The average molecular weight is 320 g/mol. The minimum atomic E-state index is -0.0445. The first-order chi connectivity index (χ1) is 9.25. The third-order valence-electron chi connectivity index (χ3n) is 3.43. The molecule has 98 valence electrons. The van der Waals surface area contributed by atoms with Crippen molar-refractivity contribution in [3.05, 3.63) is 68.5 Å². The Morgan fingerprint density at radius 3 is 3.00 bits per heavy atom. The predicted octanol–water partition coefficient (Wildman–Crippen LogP) is 2.92. The van der Waals surface area contributed by atoms with Gasteiger partial charge in [-0.1, -0.05) is 24.3 Å². The zero-order chi connectivity index (χ0) is 13.2. The monoisotopic (exact) mass is 319 g/mol. The number of hydrogen-bond acceptors (Lipinski definition) is 2. The van der Waals surface area contributed by atoms with Crippen molar-refractivity contribution in [3.8, 4) is 0 Å². The van der Waals surface area contributed by atoms with Crippen LogP contribution in [0.2, 0.25) is 0 Å². The fraction of sp³-hybridized carbons (Fsp3) is 0.267. The zero-order valence-corrected chi connectivity index (χ0v) is 12.0. The molecule has 3 nitrogen and oxygen atoms in total. The Morgan fingerprint density at radius 2 is 2.11 bits per heavy atom. The largest absolute Gasteiger partial charge is 0.371 e. The summed E-state index contributed by atoms with van der Waals surface area (Å²) in [7, 11) is 0. The van der Waals surface area contributed by atoms with E-state index in [1.165, 1.54) is 11.1 Å². The Bertz CT molecular complexity index is 651. The summed E-state index contributed by atoms with van der Waals surface area (Å²) in [5.41, 5.74) is 2.50. The van der Waals surface area contributed by atoms with Gasteiger partial charge in [0, 0.05) is 6.20 Å². The summed E-state index contributed by atoms with van der Waals surface area (Å²) in [5, 5.41) is 0. The lowest BCUT2D eigenvalue weighted by atomic mass is 9.97. The smallest absolute Gasteiger partial charge is 0.264 e. The van der Waals surface area contributed by atoms with Gasteiger partial charge in [0.2, 0.25) is 0 Å². The number of pyridine rings is 1. The Morgan fingerprint density at radius 1 is 1.26 bits per heavy atom. The summed E-state index contributed by atoms with van der Waals surface area (Å²) in [4.78, 5) is 12.0. The van der Waals surface area contributed by atoms with Crippen molar-refractivity contribution in [2.24, 2.45) is 0 Å². The lowest BCUT2D eigenvalue weighted by molar-refractivity contribution is 0.0299. The summed E-state index contributed by atoms with van der Waals surface area (Å²) in [5.74, 6) is 0. The van der Waals surface area contributed by atoms with Crippen LogP contribution in [0.5, 0.6) is 0 Å². The van der Waals surface area contributed by atoms with E-state index in [-0.39, 0.29) is 11.7 Å². The maximum Gasteiger partial charge on any atom is 0.264 e. The molecule has 1 aromatic heterocycles. The maximum absolute atomic E-state index is 12.0. The van der Waals surface area contributed by atoms with Crippen molar-refractivity contribution in [3.63, 3.8) is 0 Å². The van der Waals surface area contributed by atoms with Gasteiger partial charge < -0.3 is 9.30 Å². The van der Waals surface area contributed by atoms with Crippen LogP contribution in [0.15, 0.2) is 51.9 Å².